The molecule has 1 aromatic heterocycles. The molecule has 11 heteroatoms. The highest BCUT2D eigenvalue weighted by Crippen LogP contribution is 2.26. The second kappa shape index (κ2) is 12.9. The first-order chi connectivity index (χ1) is 19.2. The quantitative estimate of drug-likeness (QED) is 0.230. The molecule has 1 heterocycles. The smallest absolute Gasteiger partial charge is 0.408 e. The minimum absolute atomic E-state index is 0.00562. The first-order valence-corrected chi connectivity index (χ1v) is 12.6. The fourth-order valence-corrected chi connectivity index (χ4v) is 4.23. The van der Waals surface area contributed by atoms with Gasteiger partial charge >= 0.3 is 12.1 Å². The summed E-state index contributed by atoms with van der Waals surface area (Å²) < 4.78 is 23.6. The van der Waals surface area contributed by atoms with Crippen LogP contribution < -0.4 is 10.6 Å². The van der Waals surface area contributed by atoms with Crippen LogP contribution in [0, 0.1) is 5.82 Å². The number of rotatable bonds is 10. The molecule has 4 aromatic rings. The molecule has 206 valence electrons. The number of carbonyl (C=O) groups excluding carboxylic acids is 2. The van der Waals surface area contributed by atoms with E-state index in [4.69, 9.17) is 20.9 Å². The highest BCUT2D eigenvalue weighted by Gasteiger charge is 2.22. The van der Waals surface area contributed by atoms with E-state index in [9.17, 15) is 23.9 Å². The molecule has 4 rings (SSSR count). The number of halogens is 2. The first kappa shape index (κ1) is 28.3. The van der Waals surface area contributed by atoms with E-state index in [1.165, 1.54) is 42.7 Å². The van der Waals surface area contributed by atoms with Crippen molar-refractivity contribution < 1.29 is 33.1 Å². The van der Waals surface area contributed by atoms with Crippen molar-refractivity contribution >= 4 is 29.6 Å². The molecule has 2 amide bonds. The number of carbonyl (C=O) groups is 3. The predicted molar refractivity (Wildman–Crippen MR) is 144 cm³/mol. The summed E-state index contributed by atoms with van der Waals surface area (Å²) in [4.78, 5) is 36.7. The second-order valence-corrected chi connectivity index (χ2v) is 9.29. The molecule has 3 N–H and O–H groups in total. The second-order valence-electron chi connectivity index (χ2n) is 8.88. The largest absolute Gasteiger partial charge is 0.480 e. The Morgan fingerprint density at radius 1 is 1.05 bits per heavy atom. The average Bonchev–Trinajstić information content (AvgIpc) is 3.41. The lowest BCUT2D eigenvalue weighted by Gasteiger charge is -2.15. The number of aliphatic carboxylic acids is 1. The zero-order valence-electron chi connectivity index (χ0n) is 21.3. The summed E-state index contributed by atoms with van der Waals surface area (Å²) in [7, 11) is 0. The zero-order valence-corrected chi connectivity index (χ0v) is 22.0. The SMILES string of the molecule is CC(OC(=O)NCc1conc1-c1ccc(C(=O)NC(Cc2ccc(F)cc2)C(=O)O)cc1)c1ccccc1Cl. The van der Waals surface area contributed by atoms with Crippen molar-refractivity contribution in [3.05, 3.63) is 112 Å². The van der Waals surface area contributed by atoms with Gasteiger partial charge in [-0.25, -0.2) is 14.0 Å². The van der Waals surface area contributed by atoms with Gasteiger partial charge in [-0.1, -0.05) is 59.2 Å². The molecule has 0 aliphatic heterocycles. The third-order valence-corrected chi connectivity index (χ3v) is 6.41. The number of ether oxygens (including phenoxy) is 1. The van der Waals surface area contributed by atoms with Crippen molar-refractivity contribution in [3.63, 3.8) is 0 Å². The molecule has 0 saturated carbocycles. The van der Waals surface area contributed by atoms with E-state index in [0.29, 0.717) is 33.0 Å². The Morgan fingerprint density at radius 3 is 2.42 bits per heavy atom. The fourth-order valence-electron chi connectivity index (χ4n) is 3.94. The standard InChI is InChI=1S/C29H25ClFN3O6/c1-17(23-4-2-3-5-24(23)30)40-29(38)32-15-21-16-39-34-26(21)19-8-10-20(11-9-19)27(35)33-25(28(36)37)14-18-6-12-22(31)13-7-18/h2-13,16-17,25H,14-15H2,1H3,(H,32,38)(H,33,35)(H,36,37). The van der Waals surface area contributed by atoms with Crippen molar-refractivity contribution in [2.45, 2.75) is 32.0 Å². The number of aromatic nitrogens is 1. The number of nitrogens with zero attached hydrogens (tertiary/aromatic N) is 1. The van der Waals surface area contributed by atoms with Crippen LogP contribution in [0.5, 0.6) is 0 Å². The van der Waals surface area contributed by atoms with Crippen molar-refractivity contribution in [2.75, 3.05) is 0 Å². The molecule has 0 radical (unpaired) electrons. The molecule has 0 bridgehead atoms. The minimum Gasteiger partial charge on any atom is -0.480 e. The van der Waals surface area contributed by atoms with E-state index in [2.05, 4.69) is 15.8 Å². The Hall–Kier alpha value is -4.70. The molecular weight excluding hydrogens is 541 g/mol. The van der Waals surface area contributed by atoms with Crippen LogP contribution in [0.4, 0.5) is 9.18 Å². The van der Waals surface area contributed by atoms with E-state index in [0.717, 1.165) is 0 Å². The van der Waals surface area contributed by atoms with Gasteiger partial charge in [-0.15, -0.1) is 0 Å². The zero-order chi connectivity index (χ0) is 28.6. The van der Waals surface area contributed by atoms with Crippen molar-refractivity contribution in [3.8, 4) is 11.3 Å². The number of amides is 2. The van der Waals surface area contributed by atoms with Crippen LogP contribution in [-0.2, 0) is 22.5 Å². The number of carboxylic acids is 1. The Bertz CT molecular complexity index is 1490. The maximum atomic E-state index is 13.1. The summed E-state index contributed by atoms with van der Waals surface area (Å²) in [6.45, 7) is 1.78. The highest BCUT2D eigenvalue weighted by molar-refractivity contribution is 6.31. The van der Waals surface area contributed by atoms with Gasteiger partial charge in [0, 0.05) is 33.7 Å². The maximum absolute atomic E-state index is 13.1. The normalized spacial score (nSPS) is 12.3. The van der Waals surface area contributed by atoms with Gasteiger partial charge in [0.1, 0.15) is 29.9 Å². The van der Waals surface area contributed by atoms with Crippen LogP contribution in [0.15, 0.2) is 83.6 Å². The Labute approximate surface area is 233 Å². The summed E-state index contributed by atoms with van der Waals surface area (Å²) >= 11 is 6.16. The van der Waals surface area contributed by atoms with Crippen molar-refractivity contribution in [1.29, 1.82) is 0 Å². The summed E-state index contributed by atoms with van der Waals surface area (Å²) in [5.74, 6) is -2.24. The van der Waals surface area contributed by atoms with Gasteiger partial charge in [0.25, 0.3) is 5.91 Å². The summed E-state index contributed by atoms with van der Waals surface area (Å²) in [5, 5.41) is 19.2. The summed E-state index contributed by atoms with van der Waals surface area (Å²) in [6.07, 6.45) is 0.167. The average molecular weight is 566 g/mol. The van der Waals surface area contributed by atoms with Crippen LogP contribution >= 0.6 is 11.6 Å². The van der Waals surface area contributed by atoms with Crippen LogP contribution in [0.25, 0.3) is 11.3 Å². The van der Waals surface area contributed by atoms with Gasteiger partial charge in [0.2, 0.25) is 0 Å². The van der Waals surface area contributed by atoms with Crippen molar-refractivity contribution in [1.82, 2.24) is 15.8 Å². The van der Waals surface area contributed by atoms with E-state index >= 15 is 0 Å². The minimum atomic E-state index is -1.21. The lowest BCUT2D eigenvalue weighted by atomic mass is 10.0. The molecule has 0 fully saturated rings. The van der Waals surface area contributed by atoms with Crippen LogP contribution in [0.3, 0.4) is 0 Å². The van der Waals surface area contributed by atoms with E-state index < -0.39 is 35.9 Å². The molecule has 9 nitrogen and oxygen atoms in total. The molecular formula is C29H25ClFN3O6. The third-order valence-electron chi connectivity index (χ3n) is 6.07. The molecule has 40 heavy (non-hydrogen) atoms. The van der Waals surface area contributed by atoms with Gasteiger partial charge in [0.05, 0.1) is 6.54 Å². The topological polar surface area (TPSA) is 131 Å². The van der Waals surface area contributed by atoms with Gasteiger partial charge in [-0.3, -0.25) is 4.79 Å². The number of carboxylic acid groups (broad SMARTS) is 1. The Balaban J connectivity index is 1.35. The van der Waals surface area contributed by atoms with Crippen LogP contribution in [0.1, 0.15) is 40.1 Å². The molecule has 0 aliphatic carbocycles. The van der Waals surface area contributed by atoms with Gasteiger partial charge in [0.15, 0.2) is 0 Å². The lowest BCUT2D eigenvalue weighted by Crippen LogP contribution is -2.42. The van der Waals surface area contributed by atoms with E-state index in [1.54, 1.807) is 43.3 Å². The highest BCUT2D eigenvalue weighted by atomic mass is 35.5. The molecule has 0 spiro atoms. The number of nitrogens with one attached hydrogen (secondary N) is 2. The van der Waals surface area contributed by atoms with E-state index in [1.807, 2.05) is 0 Å². The summed E-state index contributed by atoms with van der Waals surface area (Å²) in [5.41, 5.74) is 3.12. The molecule has 3 aromatic carbocycles. The monoisotopic (exact) mass is 565 g/mol. The number of hydrogen-bond acceptors (Lipinski definition) is 6. The lowest BCUT2D eigenvalue weighted by molar-refractivity contribution is -0.139. The maximum Gasteiger partial charge on any atom is 0.408 e. The van der Waals surface area contributed by atoms with Crippen LogP contribution in [0.2, 0.25) is 5.02 Å². The fraction of sp³-hybridized carbons (Fsp3) is 0.172. The third kappa shape index (κ3) is 7.23. The molecule has 0 aliphatic rings. The van der Waals surface area contributed by atoms with Crippen LogP contribution in [-0.4, -0.2) is 34.3 Å². The van der Waals surface area contributed by atoms with Gasteiger partial charge in [-0.05, 0) is 42.8 Å². The molecule has 2 atom stereocenters. The first-order valence-electron chi connectivity index (χ1n) is 12.2. The molecule has 0 saturated heterocycles. The summed E-state index contributed by atoms with van der Waals surface area (Å²) in [6, 6.07) is 17.6. The molecule has 2 unspecified atom stereocenters. The van der Waals surface area contributed by atoms with Gasteiger partial charge < -0.3 is 25.0 Å². The number of benzene rings is 3. The number of hydrogen-bond donors (Lipinski definition) is 3. The van der Waals surface area contributed by atoms with Gasteiger partial charge in [-0.2, -0.15) is 0 Å². The van der Waals surface area contributed by atoms with E-state index in [-0.39, 0.29) is 18.5 Å². The predicted octanol–water partition coefficient (Wildman–Crippen LogP) is 5.55. The number of alkyl carbamates (subject to hydrolysis) is 1. The Kier molecular flexibility index (Phi) is 9.13. The van der Waals surface area contributed by atoms with Crippen molar-refractivity contribution in [2.24, 2.45) is 0 Å². The Morgan fingerprint density at radius 2 is 1.75 bits per heavy atom.